The SMILES string of the molecule is CCOc1ccc(CC(=O)N2CCc3cc(OC)c(OC)cc3C2COc2cc(=O)oc3ccccc23)cc1. The zero-order chi connectivity index (χ0) is 27.4. The Morgan fingerprint density at radius 3 is 2.44 bits per heavy atom. The number of amides is 1. The fourth-order valence-corrected chi connectivity index (χ4v) is 5.02. The predicted molar refractivity (Wildman–Crippen MR) is 147 cm³/mol. The topological polar surface area (TPSA) is 87.4 Å². The lowest BCUT2D eigenvalue weighted by Gasteiger charge is -2.37. The molecule has 8 heteroatoms. The van der Waals surface area contributed by atoms with Crippen LogP contribution in [-0.2, 0) is 17.6 Å². The van der Waals surface area contributed by atoms with Crippen LogP contribution >= 0.6 is 0 Å². The average molecular weight is 530 g/mol. The number of para-hydroxylation sites is 1. The standard InChI is InChI=1S/C31H31NO7/c1-4-37-22-11-9-20(10-12-22)15-30(33)32-14-13-21-16-28(35-2)29(36-3)17-24(21)25(32)19-38-27-18-31(34)39-26-8-6-5-7-23(26)27/h5-12,16-18,25H,4,13-15,19H2,1-3H3. The number of carbonyl (C=O) groups excluding carboxylic acids is 1. The van der Waals surface area contributed by atoms with Gasteiger partial charge in [-0.1, -0.05) is 24.3 Å². The van der Waals surface area contributed by atoms with Crippen LogP contribution in [-0.4, -0.2) is 44.8 Å². The van der Waals surface area contributed by atoms with Gasteiger partial charge in [-0.3, -0.25) is 4.79 Å². The van der Waals surface area contributed by atoms with Crippen LogP contribution in [0.15, 0.2) is 75.9 Å². The van der Waals surface area contributed by atoms with Gasteiger partial charge in [-0.15, -0.1) is 0 Å². The third kappa shape index (κ3) is 5.55. The van der Waals surface area contributed by atoms with Crippen LogP contribution in [0, 0.1) is 0 Å². The third-order valence-electron chi connectivity index (χ3n) is 6.92. The van der Waals surface area contributed by atoms with Crippen molar-refractivity contribution in [1.29, 1.82) is 0 Å². The second kappa shape index (κ2) is 11.5. The van der Waals surface area contributed by atoms with Gasteiger partial charge in [0.1, 0.15) is 23.7 Å². The van der Waals surface area contributed by atoms with Gasteiger partial charge in [0.25, 0.3) is 0 Å². The Morgan fingerprint density at radius 1 is 0.949 bits per heavy atom. The second-order valence-corrected chi connectivity index (χ2v) is 9.25. The monoisotopic (exact) mass is 529 g/mol. The van der Waals surface area contributed by atoms with E-state index >= 15 is 0 Å². The fraction of sp³-hybridized carbons (Fsp3) is 0.290. The summed E-state index contributed by atoms with van der Waals surface area (Å²) in [6.45, 7) is 3.18. The van der Waals surface area contributed by atoms with E-state index in [2.05, 4.69) is 0 Å². The van der Waals surface area contributed by atoms with Crippen LogP contribution in [0.4, 0.5) is 0 Å². The maximum atomic E-state index is 13.7. The zero-order valence-electron chi connectivity index (χ0n) is 22.3. The van der Waals surface area contributed by atoms with Crippen molar-refractivity contribution in [3.63, 3.8) is 0 Å². The minimum absolute atomic E-state index is 0.0226. The van der Waals surface area contributed by atoms with Gasteiger partial charge in [-0.2, -0.15) is 0 Å². The van der Waals surface area contributed by atoms with Crippen LogP contribution in [0.1, 0.15) is 29.7 Å². The molecule has 8 nitrogen and oxygen atoms in total. The normalized spacial score (nSPS) is 14.5. The molecular formula is C31H31NO7. The highest BCUT2D eigenvalue weighted by Gasteiger charge is 2.33. The Balaban J connectivity index is 1.47. The summed E-state index contributed by atoms with van der Waals surface area (Å²) < 4.78 is 28.2. The maximum Gasteiger partial charge on any atom is 0.339 e. The molecule has 202 valence electrons. The summed E-state index contributed by atoms with van der Waals surface area (Å²) in [6, 6.07) is 19.6. The van der Waals surface area contributed by atoms with Gasteiger partial charge in [0.15, 0.2) is 11.5 Å². The summed E-state index contributed by atoms with van der Waals surface area (Å²) in [7, 11) is 3.19. The van der Waals surface area contributed by atoms with E-state index < -0.39 is 11.7 Å². The molecule has 1 amide bonds. The van der Waals surface area contributed by atoms with Crippen LogP contribution < -0.4 is 24.6 Å². The van der Waals surface area contributed by atoms with Gasteiger partial charge >= 0.3 is 5.63 Å². The fourth-order valence-electron chi connectivity index (χ4n) is 5.02. The minimum atomic E-state index is -0.498. The maximum absolute atomic E-state index is 13.7. The molecule has 3 aromatic carbocycles. The van der Waals surface area contributed by atoms with Crippen LogP contribution in [0.25, 0.3) is 11.0 Å². The van der Waals surface area contributed by atoms with E-state index in [0.29, 0.717) is 47.8 Å². The Kier molecular flexibility index (Phi) is 7.72. The average Bonchev–Trinajstić information content (AvgIpc) is 2.95. The number of hydrogen-bond donors (Lipinski definition) is 0. The first-order chi connectivity index (χ1) is 19.0. The zero-order valence-corrected chi connectivity index (χ0v) is 22.3. The van der Waals surface area contributed by atoms with Gasteiger partial charge in [0.2, 0.25) is 5.91 Å². The summed E-state index contributed by atoms with van der Waals surface area (Å²) in [5.74, 6) is 2.37. The number of ether oxygens (including phenoxy) is 4. The molecule has 1 aromatic heterocycles. The molecular weight excluding hydrogens is 498 g/mol. The second-order valence-electron chi connectivity index (χ2n) is 9.25. The van der Waals surface area contributed by atoms with E-state index in [1.54, 1.807) is 26.4 Å². The molecule has 5 rings (SSSR count). The van der Waals surface area contributed by atoms with Gasteiger partial charge in [0, 0.05) is 6.54 Å². The van der Waals surface area contributed by atoms with Crippen molar-refractivity contribution in [2.75, 3.05) is 34.0 Å². The first-order valence-corrected chi connectivity index (χ1v) is 12.9. The molecule has 0 saturated carbocycles. The smallest absolute Gasteiger partial charge is 0.339 e. The third-order valence-corrected chi connectivity index (χ3v) is 6.92. The highest BCUT2D eigenvalue weighted by atomic mass is 16.5. The van der Waals surface area contributed by atoms with Gasteiger partial charge < -0.3 is 28.3 Å². The Bertz CT molecular complexity index is 1530. The molecule has 0 aliphatic carbocycles. The van der Waals surface area contributed by atoms with E-state index in [1.807, 2.05) is 60.4 Å². The molecule has 0 N–H and O–H groups in total. The Hall–Kier alpha value is -4.46. The first-order valence-electron chi connectivity index (χ1n) is 12.9. The summed E-state index contributed by atoms with van der Waals surface area (Å²) in [5, 5.41) is 0.688. The molecule has 1 unspecified atom stereocenters. The van der Waals surface area contributed by atoms with Crippen LogP contribution in [0.5, 0.6) is 23.0 Å². The van der Waals surface area contributed by atoms with Crippen molar-refractivity contribution in [3.8, 4) is 23.0 Å². The number of nitrogens with zero attached hydrogens (tertiary/aromatic N) is 1. The number of rotatable bonds is 9. The summed E-state index contributed by atoms with van der Waals surface area (Å²) in [6.07, 6.45) is 0.905. The summed E-state index contributed by atoms with van der Waals surface area (Å²) in [5.41, 5.74) is 2.82. The van der Waals surface area contributed by atoms with Crippen molar-refractivity contribution in [2.45, 2.75) is 25.8 Å². The lowest BCUT2D eigenvalue weighted by molar-refractivity contribution is -0.134. The number of benzene rings is 3. The molecule has 1 aliphatic rings. The highest BCUT2D eigenvalue weighted by molar-refractivity contribution is 5.83. The molecule has 0 bridgehead atoms. The van der Waals surface area contributed by atoms with Gasteiger partial charge in [-0.25, -0.2) is 4.79 Å². The first kappa shape index (κ1) is 26.2. The van der Waals surface area contributed by atoms with Crippen molar-refractivity contribution in [3.05, 3.63) is 93.8 Å². The molecule has 0 spiro atoms. The Morgan fingerprint density at radius 2 is 1.69 bits per heavy atom. The van der Waals surface area contributed by atoms with Crippen molar-refractivity contribution >= 4 is 16.9 Å². The summed E-state index contributed by atoms with van der Waals surface area (Å²) in [4.78, 5) is 27.7. The summed E-state index contributed by atoms with van der Waals surface area (Å²) >= 11 is 0. The van der Waals surface area contributed by atoms with Crippen molar-refractivity contribution < 1.29 is 28.2 Å². The number of carbonyl (C=O) groups is 1. The number of methoxy groups -OCH3 is 2. The molecule has 39 heavy (non-hydrogen) atoms. The quantitative estimate of drug-likeness (QED) is 0.283. The minimum Gasteiger partial charge on any atom is -0.494 e. The van der Waals surface area contributed by atoms with Crippen LogP contribution in [0.3, 0.4) is 0 Å². The molecule has 4 aromatic rings. The molecule has 0 fully saturated rings. The molecule has 2 heterocycles. The van der Waals surface area contributed by atoms with E-state index in [-0.39, 0.29) is 18.9 Å². The van der Waals surface area contributed by atoms with E-state index in [9.17, 15) is 9.59 Å². The molecule has 1 aliphatic heterocycles. The van der Waals surface area contributed by atoms with Crippen molar-refractivity contribution in [2.24, 2.45) is 0 Å². The highest BCUT2D eigenvalue weighted by Crippen LogP contribution is 2.39. The molecule has 0 saturated heterocycles. The van der Waals surface area contributed by atoms with E-state index in [4.69, 9.17) is 23.4 Å². The largest absolute Gasteiger partial charge is 0.494 e. The lowest BCUT2D eigenvalue weighted by atomic mass is 9.91. The number of hydrogen-bond acceptors (Lipinski definition) is 7. The van der Waals surface area contributed by atoms with Crippen molar-refractivity contribution in [1.82, 2.24) is 4.90 Å². The molecule has 0 radical (unpaired) electrons. The number of fused-ring (bicyclic) bond motifs is 2. The van der Waals surface area contributed by atoms with Gasteiger partial charge in [-0.05, 0) is 66.4 Å². The predicted octanol–water partition coefficient (Wildman–Crippen LogP) is 4.96. The Labute approximate surface area is 226 Å². The van der Waals surface area contributed by atoms with Crippen LogP contribution in [0.2, 0.25) is 0 Å². The lowest BCUT2D eigenvalue weighted by Crippen LogP contribution is -2.43. The van der Waals surface area contributed by atoms with E-state index in [0.717, 1.165) is 22.4 Å². The van der Waals surface area contributed by atoms with Gasteiger partial charge in [0.05, 0.1) is 44.7 Å². The molecule has 1 atom stereocenters. The van der Waals surface area contributed by atoms with E-state index in [1.165, 1.54) is 6.07 Å².